The van der Waals surface area contributed by atoms with Crippen LogP contribution in [0.1, 0.15) is 208 Å². The van der Waals surface area contributed by atoms with Gasteiger partial charge in [-0.15, -0.1) is 24.8 Å². The fourth-order valence-corrected chi connectivity index (χ4v) is 17.1. The highest BCUT2D eigenvalue weighted by atomic mass is 32.3. The van der Waals surface area contributed by atoms with Crippen molar-refractivity contribution in [1.82, 2.24) is 0 Å². The average Bonchev–Trinajstić information content (AvgIpc) is 3.00. The van der Waals surface area contributed by atoms with Crippen LogP contribution >= 0.6 is 28.5 Å². The molecule has 0 aliphatic heterocycles. The van der Waals surface area contributed by atoms with E-state index in [4.69, 9.17) is 7.94 Å². The van der Waals surface area contributed by atoms with Crippen LogP contribution in [0.15, 0.2) is 0 Å². The minimum Gasteiger partial charge on any atom is -0.233 e. The number of halogens is 1. The van der Waals surface area contributed by atoms with Crippen LogP contribution in [-0.4, -0.2) is 34.5 Å². The molecule has 3 nitrogen and oxygen atoms in total. The number of unbranched alkanes of at least 4 members (excludes halogenated alkanes) is 20. The van der Waals surface area contributed by atoms with Gasteiger partial charge in [-0.05, 0) is 73.0 Å². The molecule has 0 rings (SSSR count). The summed E-state index contributed by atoms with van der Waals surface area (Å²) >= 11 is 0. The molecule has 0 radical (unpaired) electrons. The van der Waals surface area contributed by atoms with E-state index in [1.807, 2.05) is 0 Å². The lowest BCUT2D eigenvalue weighted by atomic mass is 10.1. The van der Waals surface area contributed by atoms with Crippen molar-refractivity contribution >= 4 is 28.5 Å². The second-order valence-corrected chi connectivity index (χ2v) is 22.2. The molecule has 0 spiro atoms. The molecule has 45 heavy (non-hydrogen) atoms. The van der Waals surface area contributed by atoms with E-state index >= 15 is 4.20 Å². The first-order valence-electron chi connectivity index (χ1n) is 20.0. The molecule has 0 amide bonds. The lowest BCUT2D eigenvalue weighted by Gasteiger charge is -2.44. The second-order valence-electron chi connectivity index (χ2n) is 13.8. The summed E-state index contributed by atoms with van der Waals surface area (Å²) in [5.74, 6) is 5.29. The highest BCUT2D eigenvalue weighted by molar-refractivity contribution is 8.33. The van der Waals surface area contributed by atoms with Crippen LogP contribution in [0.4, 0.5) is 4.20 Å². The van der Waals surface area contributed by atoms with Gasteiger partial charge in [-0.2, -0.15) is 0 Å². The Morgan fingerprint density at radius 3 is 0.778 bits per heavy atom. The van der Waals surface area contributed by atoms with Gasteiger partial charge in [0.05, 0.1) is 0 Å². The number of rotatable bonds is 36. The molecule has 0 aliphatic carbocycles. The van der Waals surface area contributed by atoms with Crippen molar-refractivity contribution < 1.29 is 16.7 Å². The third-order valence-corrected chi connectivity index (χ3v) is 19.4. The lowest BCUT2D eigenvalue weighted by molar-refractivity contribution is 0.363. The molecule has 0 saturated carbocycles. The summed E-state index contributed by atoms with van der Waals surface area (Å²) in [7, 11) is -8.31. The van der Waals surface area contributed by atoms with Gasteiger partial charge < -0.3 is 0 Å². The number of hydrogen-bond acceptors (Lipinski definition) is 3. The molecule has 0 aliphatic rings. The van der Waals surface area contributed by atoms with Crippen LogP contribution in [0.3, 0.4) is 0 Å². The minimum absolute atomic E-state index is 0.878. The first-order chi connectivity index (χ1) is 21.8. The Bertz CT molecular complexity index is 609. The summed E-state index contributed by atoms with van der Waals surface area (Å²) in [6, 6.07) is 0. The maximum Gasteiger partial charge on any atom is 0.532 e. The predicted molar refractivity (Wildman–Crippen MR) is 209 cm³/mol. The molecule has 0 bridgehead atoms. The summed E-state index contributed by atoms with van der Waals surface area (Å²) in [4.78, 5) is 0. The van der Waals surface area contributed by atoms with E-state index in [0.717, 1.165) is 124 Å². The maximum absolute atomic E-state index is 16.7. The molecule has 0 aromatic carbocycles. The second kappa shape index (κ2) is 30.8. The van der Waals surface area contributed by atoms with Gasteiger partial charge in [0.1, 0.15) is 0 Å². The molecule has 0 saturated heterocycles. The van der Waals surface area contributed by atoms with Crippen LogP contribution in [0.5, 0.6) is 0 Å². The largest absolute Gasteiger partial charge is 0.532 e. The van der Waals surface area contributed by atoms with Crippen LogP contribution in [-0.2, 0) is 12.5 Å². The van der Waals surface area contributed by atoms with E-state index in [-0.39, 0.29) is 0 Å². The van der Waals surface area contributed by atoms with Crippen LogP contribution in [0.25, 0.3) is 0 Å². The van der Waals surface area contributed by atoms with Crippen molar-refractivity contribution in [2.24, 2.45) is 0 Å². The van der Waals surface area contributed by atoms with Crippen molar-refractivity contribution in [3.63, 3.8) is 0 Å². The first-order valence-corrected chi connectivity index (χ1v) is 25.6. The fourth-order valence-electron chi connectivity index (χ4n) is 6.33. The third-order valence-electron chi connectivity index (χ3n) is 9.21. The van der Waals surface area contributed by atoms with E-state index in [1.54, 1.807) is 0 Å². The zero-order valence-electron chi connectivity index (χ0n) is 31.5. The van der Waals surface area contributed by atoms with E-state index < -0.39 is 28.5 Å². The summed E-state index contributed by atoms with van der Waals surface area (Å²) in [5, 5.41) is 0. The van der Waals surface area contributed by atoms with Crippen molar-refractivity contribution in [3.05, 3.63) is 0 Å². The standard InChI is InChI=1S/C38H82FO3PS2/c1-7-13-19-21-23-25-31-37-44(33-27-15-9-3,34-28-16-10-4)41-43(39,40)42-45(35-29-17-11-5,36-30-18-12-6)38-32-26-24-22-20-14-8-2/h7-38H2,1-6H3. The Balaban J connectivity index is 5.98. The van der Waals surface area contributed by atoms with Gasteiger partial charge in [-0.25, -0.2) is 12.5 Å². The Morgan fingerprint density at radius 1 is 0.356 bits per heavy atom. The van der Waals surface area contributed by atoms with E-state index in [2.05, 4.69) is 41.5 Å². The minimum atomic E-state index is -4.70. The van der Waals surface area contributed by atoms with Gasteiger partial charge in [0, 0.05) is 0 Å². The van der Waals surface area contributed by atoms with Crippen molar-refractivity contribution in [1.29, 1.82) is 0 Å². The molecule has 7 heteroatoms. The fraction of sp³-hybridized carbons (Fsp3) is 1.00. The molecule has 0 atom stereocenters. The zero-order chi connectivity index (χ0) is 33.5. The van der Waals surface area contributed by atoms with Gasteiger partial charge in [-0.1, -0.05) is 170 Å². The van der Waals surface area contributed by atoms with E-state index in [0.29, 0.717) is 0 Å². The third kappa shape index (κ3) is 25.4. The zero-order valence-corrected chi connectivity index (χ0v) is 34.0. The van der Waals surface area contributed by atoms with Gasteiger partial charge >= 0.3 is 7.91 Å². The summed E-state index contributed by atoms with van der Waals surface area (Å²) in [6.07, 6.45) is 30.5. The lowest BCUT2D eigenvalue weighted by Crippen LogP contribution is -2.20. The average molecular weight is 701 g/mol. The first kappa shape index (κ1) is 45.8. The van der Waals surface area contributed by atoms with Crippen molar-refractivity contribution in [2.45, 2.75) is 208 Å². The maximum atomic E-state index is 16.7. The van der Waals surface area contributed by atoms with Gasteiger partial charge in [0.2, 0.25) is 0 Å². The normalized spacial score (nSPS) is 13.5. The molecule has 0 fully saturated rings. The van der Waals surface area contributed by atoms with Gasteiger partial charge in [-0.3, -0.25) is 0 Å². The molecule has 276 valence electrons. The summed E-state index contributed by atoms with van der Waals surface area (Å²) < 4.78 is 43.8. The van der Waals surface area contributed by atoms with Gasteiger partial charge in [0.25, 0.3) is 0 Å². The van der Waals surface area contributed by atoms with Crippen LogP contribution in [0.2, 0.25) is 0 Å². The molecule has 0 aromatic heterocycles. The number of hydrogen-bond donors (Lipinski definition) is 0. The summed E-state index contributed by atoms with van der Waals surface area (Å²) in [6.45, 7) is 13.4. The SMILES string of the molecule is CCCCCCCCCS(CCCCC)(CCCCC)OP(=O)(F)OS(CCCCC)(CCCCC)CCCCCCCCC. The predicted octanol–water partition coefficient (Wildman–Crippen LogP) is 15.8. The highest BCUT2D eigenvalue weighted by Gasteiger charge is 2.42. The van der Waals surface area contributed by atoms with Crippen molar-refractivity contribution in [2.75, 3.05) is 34.5 Å². The van der Waals surface area contributed by atoms with Crippen molar-refractivity contribution in [3.8, 4) is 0 Å². The summed E-state index contributed by atoms with van der Waals surface area (Å²) in [5.41, 5.74) is 0. The Morgan fingerprint density at radius 2 is 0.533 bits per heavy atom. The Kier molecular flexibility index (Phi) is 31.3. The molecular weight excluding hydrogens is 619 g/mol. The van der Waals surface area contributed by atoms with E-state index in [1.165, 1.54) is 77.0 Å². The molecular formula is C38H82FO3PS2. The molecule has 0 unspecified atom stereocenters. The van der Waals surface area contributed by atoms with Gasteiger partial charge in [0.15, 0.2) is 0 Å². The Hall–Kier alpha value is 0.780. The molecule has 0 heterocycles. The Labute approximate surface area is 287 Å². The smallest absolute Gasteiger partial charge is 0.233 e. The van der Waals surface area contributed by atoms with E-state index in [9.17, 15) is 4.57 Å². The monoisotopic (exact) mass is 701 g/mol. The molecule has 0 N–H and O–H groups in total. The topological polar surface area (TPSA) is 35.5 Å². The molecule has 0 aromatic rings. The quantitative estimate of drug-likeness (QED) is 0.0482. The van der Waals surface area contributed by atoms with Crippen LogP contribution < -0.4 is 0 Å². The van der Waals surface area contributed by atoms with Crippen LogP contribution in [0, 0.1) is 0 Å². The highest BCUT2D eigenvalue weighted by Crippen LogP contribution is 2.73.